The van der Waals surface area contributed by atoms with E-state index in [0.29, 0.717) is 11.7 Å². The van der Waals surface area contributed by atoms with Crippen LogP contribution in [0.2, 0.25) is 0 Å². The van der Waals surface area contributed by atoms with Crippen molar-refractivity contribution in [3.63, 3.8) is 0 Å². The van der Waals surface area contributed by atoms with E-state index >= 15 is 0 Å². The summed E-state index contributed by atoms with van der Waals surface area (Å²) in [6.45, 7) is 3.94. The lowest BCUT2D eigenvalue weighted by molar-refractivity contribution is 0.441. The summed E-state index contributed by atoms with van der Waals surface area (Å²) in [5, 5.41) is 13.4. The molecule has 4 nitrogen and oxygen atoms in total. The Hall–Kier alpha value is -1.12. The Morgan fingerprint density at radius 2 is 2.06 bits per heavy atom. The van der Waals surface area contributed by atoms with E-state index < -0.39 is 5.54 Å². The summed E-state index contributed by atoms with van der Waals surface area (Å²) in [5.74, 6) is 1.18. The zero-order valence-electron chi connectivity index (χ0n) is 11.0. The highest BCUT2D eigenvalue weighted by atomic mass is 32.2. The van der Waals surface area contributed by atoms with E-state index in [9.17, 15) is 5.26 Å². The van der Waals surface area contributed by atoms with Gasteiger partial charge >= 0.3 is 0 Å². The molecule has 1 saturated carbocycles. The average molecular weight is 262 g/mol. The molecule has 1 atom stereocenters. The molecular formula is C13H18N4S. The lowest BCUT2D eigenvalue weighted by Crippen LogP contribution is -2.46. The molecule has 1 aromatic heterocycles. The Bertz CT molecular complexity index is 458. The van der Waals surface area contributed by atoms with Gasteiger partial charge in [-0.1, -0.05) is 11.8 Å². The molecule has 0 spiro atoms. The Balaban J connectivity index is 2.08. The zero-order valence-corrected chi connectivity index (χ0v) is 11.8. The molecule has 18 heavy (non-hydrogen) atoms. The van der Waals surface area contributed by atoms with E-state index in [1.807, 2.05) is 27.0 Å². The van der Waals surface area contributed by atoms with Gasteiger partial charge in [0.25, 0.3) is 0 Å². The van der Waals surface area contributed by atoms with Crippen molar-refractivity contribution < 1.29 is 0 Å². The molecule has 2 rings (SSSR count). The highest BCUT2D eigenvalue weighted by Gasteiger charge is 2.44. The molecule has 0 amide bonds. The van der Waals surface area contributed by atoms with Crippen molar-refractivity contribution in [3.8, 4) is 6.07 Å². The Kier molecular flexibility index (Phi) is 3.88. The third-order valence-electron chi connectivity index (χ3n) is 3.31. The van der Waals surface area contributed by atoms with Crippen LogP contribution < -0.4 is 5.32 Å². The summed E-state index contributed by atoms with van der Waals surface area (Å²) in [4.78, 5) is 8.80. The molecule has 0 radical (unpaired) electrons. The first-order valence-electron chi connectivity index (χ1n) is 6.15. The maximum absolute atomic E-state index is 9.41. The second-order valence-electron chi connectivity index (χ2n) is 4.83. The fourth-order valence-corrected chi connectivity index (χ4v) is 3.30. The van der Waals surface area contributed by atoms with E-state index in [4.69, 9.17) is 0 Å². The first-order valence-corrected chi connectivity index (χ1v) is 7.13. The molecule has 96 valence electrons. The van der Waals surface area contributed by atoms with Crippen LogP contribution in [0.25, 0.3) is 0 Å². The third-order valence-corrected chi connectivity index (χ3v) is 4.35. The summed E-state index contributed by atoms with van der Waals surface area (Å²) in [7, 11) is 1.87. The van der Waals surface area contributed by atoms with Crippen LogP contribution in [-0.2, 0) is 0 Å². The lowest BCUT2D eigenvalue weighted by Gasteiger charge is -2.25. The minimum absolute atomic E-state index is 0.425. The lowest BCUT2D eigenvalue weighted by atomic mass is 9.98. The van der Waals surface area contributed by atoms with Gasteiger partial charge in [-0.05, 0) is 45.7 Å². The SMILES string of the molecule is CNC(C#N)(CSc1nc(C)cc(C)n1)C1CC1. The molecule has 0 aromatic carbocycles. The van der Waals surface area contributed by atoms with Gasteiger partial charge in [-0.25, -0.2) is 9.97 Å². The summed E-state index contributed by atoms with van der Waals surface area (Å²) in [6, 6.07) is 4.40. The van der Waals surface area contributed by atoms with E-state index in [1.165, 1.54) is 0 Å². The van der Waals surface area contributed by atoms with Gasteiger partial charge in [-0.15, -0.1) is 0 Å². The molecule has 1 aliphatic carbocycles. The minimum atomic E-state index is -0.425. The van der Waals surface area contributed by atoms with Crippen LogP contribution in [0, 0.1) is 31.1 Å². The van der Waals surface area contributed by atoms with Crippen molar-refractivity contribution in [3.05, 3.63) is 17.5 Å². The van der Waals surface area contributed by atoms with Crippen molar-refractivity contribution in [2.75, 3.05) is 12.8 Å². The van der Waals surface area contributed by atoms with Crippen molar-refractivity contribution >= 4 is 11.8 Å². The normalized spacial score (nSPS) is 18.1. The highest BCUT2D eigenvalue weighted by molar-refractivity contribution is 7.99. The second kappa shape index (κ2) is 5.25. The molecule has 0 saturated heterocycles. The predicted octanol–water partition coefficient (Wildman–Crippen LogP) is 2.08. The molecular weight excluding hydrogens is 244 g/mol. The number of nitrogens with one attached hydrogen (secondary N) is 1. The van der Waals surface area contributed by atoms with E-state index in [0.717, 1.165) is 29.4 Å². The number of nitriles is 1. The van der Waals surface area contributed by atoms with Gasteiger partial charge in [0.15, 0.2) is 5.16 Å². The molecule has 1 unspecified atom stereocenters. The number of aryl methyl sites for hydroxylation is 2. The number of rotatable bonds is 5. The van der Waals surface area contributed by atoms with Gasteiger partial charge in [-0.2, -0.15) is 5.26 Å². The van der Waals surface area contributed by atoms with Gasteiger partial charge in [0.05, 0.1) is 6.07 Å². The predicted molar refractivity (Wildman–Crippen MR) is 72.4 cm³/mol. The van der Waals surface area contributed by atoms with Crippen molar-refractivity contribution in [2.45, 2.75) is 37.4 Å². The average Bonchev–Trinajstić information content (AvgIpc) is 3.14. The quantitative estimate of drug-likeness (QED) is 0.650. The summed E-state index contributed by atoms with van der Waals surface area (Å²) in [6.07, 6.45) is 2.28. The Morgan fingerprint density at radius 1 is 1.44 bits per heavy atom. The number of aromatic nitrogens is 2. The standard InChI is InChI=1S/C13H18N4S/c1-9-6-10(2)17-12(16-9)18-8-13(7-14,15-3)11-4-5-11/h6,11,15H,4-5,8H2,1-3H3. The van der Waals surface area contributed by atoms with Crippen molar-refractivity contribution in [2.24, 2.45) is 5.92 Å². The maximum atomic E-state index is 9.41. The highest BCUT2D eigenvalue weighted by Crippen LogP contribution is 2.41. The van der Waals surface area contributed by atoms with E-state index in [-0.39, 0.29) is 0 Å². The van der Waals surface area contributed by atoms with E-state index in [1.54, 1.807) is 11.8 Å². The fourth-order valence-electron chi connectivity index (χ4n) is 2.09. The number of thioether (sulfide) groups is 1. The first kappa shape index (κ1) is 13.3. The van der Waals surface area contributed by atoms with Crippen LogP contribution in [0.1, 0.15) is 24.2 Å². The summed E-state index contributed by atoms with van der Waals surface area (Å²) in [5.41, 5.74) is 1.53. The van der Waals surface area contributed by atoms with Crippen LogP contribution >= 0.6 is 11.8 Å². The Morgan fingerprint density at radius 3 is 2.50 bits per heavy atom. The molecule has 0 aliphatic heterocycles. The number of hydrogen-bond donors (Lipinski definition) is 1. The third kappa shape index (κ3) is 2.82. The number of nitrogens with zero attached hydrogens (tertiary/aromatic N) is 3. The molecule has 1 aromatic rings. The summed E-state index contributed by atoms with van der Waals surface area (Å²) < 4.78 is 0. The Labute approximate surface area is 112 Å². The van der Waals surface area contributed by atoms with Gasteiger partial charge < -0.3 is 5.32 Å². The van der Waals surface area contributed by atoms with Gasteiger partial charge in [0.2, 0.25) is 0 Å². The van der Waals surface area contributed by atoms with Crippen LogP contribution in [0.15, 0.2) is 11.2 Å². The second-order valence-corrected chi connectivity index (χ2v) is 5.77. The molecule has 5 heteroatoms. The van der Waals surface area contributed by atoms with Gasteiger partial charge in [-0.3, -0.25) is 0 Å². The van der Waals surface area contributed by atoms with Crippen LogP contribution in [0.3, 0.4) is 0 Å². The minimum Gasteiger partial charge on any atom is -0.302 e. The molecule has 0 bridgehead atoms. The zero-order chi connectivity index (χ0) is 13.2. The van der Waals surface area contributed by atoms with Crippen molar-refractivity contribution in [1.82, 2.24) is 15.3 Å². The number of hydrogen-bond acceptors (Lipinski definition) is 5. The van der Waals surface area contributed by atoms with Crippen LogP contribution in [0.5, 0.6) is 0 Å². The van der Waals surface area contributed by atoms with E-state index in [2.05, 4.69) is 21.4 Å². The van der Waals surface area contributed by atoms with Crippen LogP contribution in [0.4, 0.5) is 0 Å². The first-order chi connectivity index (χ1) is 8.59. The fraction of sp³-hybridized carbons (Fsp3) is 0.615. The largest absolute Gasteiger partial charge is 0.302 e. The molecule has 1 aliphatic rings. The topological polar surface area (TPSA) is 61.6 Å². The van der Waals surface area contributed by atoms with Crippen LogP contribution in [-0.4, -0.2) is 28.3 Å². The maximum Gasteiger partial charge on any atom is 0.188 e. The molecule has 1 fully saturated rings. The monoisotopic (exact) mass is 262 g/mol. The smallest absolute Gasteiger partial charge is 0.188 e. The molecule has 1 N–H and O–H groups in total. The van der Waals surface area contributed by atoms with Crippen molar-refractivity contribution in [1.29, 1.82) is 5.26 Å². The molecule has 1 heterocycles. The summed E-state index contributed by atoms with van der Waals surface area (Å²) >= 11 is 1.57. The van der Waals surface area contributed by atoms with Gasteiger partial charge in [0, 0.05) is 17.1 Å². The van der Waals surface area contributed by atoms with Gasteiger partial charge in [0.1, 0.15) is 5.54 Å².